The number of nitrogens with one attached hydrogen (secondary N) is 1. The van der Waals surface area contributed by atoms with Crippen molar-refractivity contribution in [2.24, 2.45) is 5.41 Å². The van der Waals surface area contributed by atoms with E-state index >= 15 is 0 Å². The summed E-state index contributed by atoms with van der Waals surface area (Å²) in [5, 5.41) is 2.86. The van der Waals surface area contributed by atoms with Crippen LogP contribution < -0.4 is 10.2 Å². The zero-order valence-electron chi connectivity index (χ0n) is 15.4. The van der Waals surface area contributed by atoms with E-state index in [-0.39, 0.29) is 17.7 Å². The largest absolute Gasteiger partial charge is 0.377 e. The van der Waals surface area contributed by atoms with Crippen LogP contribution in [0.3, 0.4) is 0 Å². The van der Waals surface area contributed by atoms with Gasteiger partial charge in [0, 0.05) is 44.4 Å². The fourth-order valence-electron chi connectivity index (χ4n) is 2.22. The molecule has 0 bridgehead atoms. The Bertz CT molecular complexity index is 596. The molecule has 0 saturated carbocycles. The van der Waals surface area contributed by atoms with E-state index in [4.69, 9.17) is 11.6 Å². The number of rotatable bonds is 7. The first kappa shape index (κ1) is 20.3. The maximum atomic E-state index is 12.8. The molecule has 5 nitrogen and oxygen atoms in total. The van der Waals surface area contributed by atoms with Crippen LogP contribution in [0.1, 0.15) is 38.1 Å². The minimum atomic E-state index is -0.676. The van der Waals surface area contributed by atoms with E-state index in [9.17, 15) is 9.59 Å². The number of anilines is 2. The van der Waals surface area contributed by atoms with E-state index in [1.807, 2.05) is 38.9 Å². The molecule has 24 heavy (non-hydrogen) atoms. The van der Waals surface area contributed by atoms with Crippen LogP contribution in [0.15, 0.2) is 18.2 Å². The third-order valence-electron chi connectivity index (χ3n) is 3.97. The lowest BCUT2D eigenvalue weighted by Crippen LogP contribution is -2.33. The Balaban J connectivity index is 3.22. The van der Waals surface area contributed by atoms with Crippen LogP contribution in [0, 0.1) is 5.41 Å². The van der Waals surface area contributed by atoms with Gasteiger partial charge < -0.3 is 15.1 Å². The van der Waals surface area contributed by atoms with Crippen molar-refractivity contribution in [2.75, 3.05) is 43.3 Å². The third-order valence-corrected chi connectivity index (χ3v) is 4.63. The number of halogens is 1. The first-order valence-corrected chi connectivity index (χ1v) is 8.69. The van der Waals surface area contributed by atoms with Gasteiger partial charge in [-0.2, -0.15) is 0 Å². The second kappa shape index (κ2) is 8.38. The van der Waals surface area contributed by atoms with Gasteiger partial charge in [-0.15, -0.1) is 11.6 Å². The van der Waals surface area contributed by atoms with Gasteiger partial charge in [0.25, 0.3) is 5.91 Å². The highest BCUT2D eigenvalue weighted by atomic mass is 35.5. The number of benzene rings is 1. The lowest BCUT2D eigenvalue weighted by molar-refractivity contribution is -0.122. The molecule has 0 fully saturated rings. The monoisotopic (exact) mass is 353 g/mol. The minimum absolute atomic E-state index is 0.0450. The van der Waals surface area contributed by atoms with Crippen molar-refractivity contribution in [2.45, 2.75) is 27.7 Å². The van der Waals surface area contributed by atoms with Crippen LogP contribution in [-0.4, -0.2) is 49.8 Å². The molecule has 2 amide bonds. The summed E-state index contributed by atoms with van der Waals surface area (Å²) < 4.78 is 0. The molecular formula is C18H28ClN3O2. The molecule has 0 aliphatic rings. The fourth-order valence-corrected chi connectivity index (χ4v) is 2.34. The van der Waals surface area contributed by atoms with E-state index in [1.54, 1.807) is 30.9 Å². The van der Waals surface area contributed by atoms with Gasteiger partial charge in [0.15, 0.2) is 0 Å². The van der Waals surface area contributed by atoms with Gasteiger partial charge in [-0.1, -0.05) is 0 Å². The van der Waals surface area contributed by atoms with E-state index in [0.717, 1.165) is 5.69 Å². The van der Waals surface area contributed by atoms with Gasteiger partial charge in [0.05, 0.1) is 11.0 Å². The fraction of sp³-hybridized carbons (Fsp3) is 0.556. The second-order valence-electron chi connectivity index (χ2n) is 6.58. The predicted molar refractivity (Wildman–Crippen MR) is 101 cm³/mol. The third kappa shape index (κ3) is 4.63. The first-order chi connectivity index (χ1) is 11.2. The molecule has 1 N–H and O–H groups in total. The molecule has 0 heterocycles. The quantitative estimate of drug-likeness (QED) is 0.764. The lowest BCUT2D eigenvalue weighted by atomic mass is 9.95. The summed E-state index contributed by atoms with van der Waals surface area (Å²) in [6.45, 7) is 8.74. The zero-order chi connectivity index (χ0) is 18.5. The summed E-state index contributed by atoms with van der Waals surface area (Å²) in [4.78, 5) is 28.8. The molecule has 1 rings (SSSR count). The summed E-state index contributed by atoms with van der Waals surface area (Å²) >= 11 is 5.85. The smallest absolute Gasteiger partial charge is 0.256 e. The van der Waals surface area contributed by atoms with Gasteiger partial charge in [0.2, 0.25) is 5.91 Å². The highest BCUT2D eigenvalue weighted by molar-refractivity contribution is 6.20. The summed E-state index contributed by atoms with van der Waals surface area (Å²) in [7, 11) is 3.78. The van der Waals surface area contributed by atoms with E-state index in [1.165, 1.54) is 0 Å². The van der Waals surface area contributed by atoms with Gasteiger partial charge >= 0.3 is 0 Å². The van der Waals surface area contributed by atoms with Crippen molar-refractivity contribution in [1.82, 2.24) is 4.90 Å². The van der Waals surface area contributed by atoms with Crippen LogP contribution in [0.25, 0.3) is 0 Å². The molecule has 1 aromatic carbocycles. The van der Waals surface area contributed by atoms with Gasteiger partial charge in [-0.3, -0.25) is 9.59 Å². The van der Waals surface area contributed by atoms with Crippen molar-refractivity contribution >= 4 is 34.8 Å². The Labute approximate surface area is 150 Å². The van der Waals surface area contributed by atoms with Crippen LogP contribution in [0.4, 0.5) is 11.4 Å². The van der Waals surface area contributed by atoms with E-state index < -0.39 is 5.41 Å². The molecule has 0 atom stereocenters. The van der Waals surface area contributed by atoms with Gasteiger partial charge in [-0.25, -0.2) is 0 Å². The molecule has 0 aromatic heterocycles. The Kier molecular flexibility index (Phi) is 7.08. The Hall–Kier alpha value is -1.75. The SMILES string of the molecule is CCN(CC)C(=O)c1cc(NC(=O)C(C)(C)CCl)ccc1N(C)C. The molecule has 1 aromatic rings. The van der Waals surface area contributed by atoms with Crippen molar-refractivity contribution in [3.8, 4) is 0 Å². The maximum absolute atomic E-state index is 12.8. The molecule has 6 heteroatoms. The molecule has 0 saturated heterocycles. The second-order valence-corrected chi connectivity index (χ2v) is 6.84. The lowest BCUT2D eigenvalue weighted by Gasteiger charge is -2.25. The predicted octanol–water partition coefficient (Wildman–Crippen LogP) is 3.44. The molecular weight excluding hydrogens is 326 g/mol. The number of alkyl halides is 1. The van der Waals surface area contributed by atoms with Gasteiger partial charge in [-0.05, 0) is 45.9 Å². The molecule has 0 unspecified atom stereocenters. The van der Waals surface area contributed by atoms with Gasteiger partial charge in [0.1, 0.15) is 0 Å². The normalized spacial score (nSPS) is 11.1. The van der Waals surface area contributed by atoms with Crippen molar-refractivity contribution in [3.63, 3.8) is 0 Å². The minimum Gasteiger partial charge on any atom is -0.377 e. The van der Waals surface area contributed by atoms with Crippen LogP contribution in [-0.2, 0) is 4.79 Å². The Morgan fingerprint density at radius 2 is 1.75 bits per heavy atom. The first-order valence-electron chi connectivity index (χ1n) is 8.16. The topological polar surface area (TPSA) is 52.7 Å². The van der Waals surface area contributed by atoms with Crippen LogP contribution >= 0.6 is 11.6 Å². The highest BCUT2D eigenvalue weighted by Gasteiger charge is 2.27. The van der Waals surface area contributed by atoms with Crippen molar-refractivity contribution < 1.29 is 9.59 Å². The Morgan fingerprint density at radius 1 is 1.17 bits per heavy atom. The van der Waals surface area contributed by atoms with Crippen molar-refractivity contribution in [1.29, 1.82) is 0 Å². The number of hydrogen-bond acceptors (Lipinski definition) is 3. The molecule has 0 spiro atoms. The highest BCUT2D eigenvalue weighted by Crippen LogP contribution is 2.26. The van der Waals surface area contributed by atoms with Crippen molar-refractivity contribution in [3.05, 3.63) is 23.8 Å². The van der Waals surface area contributed by atoms with E-state index in [0.29, 0.717) is 24.3 Å². The van der Waals surface area contributed by atoms with Crippen LogP contribution in [0.5, 0.6) is 0 Å². The zero-order valence-corrected chi connectivity index (χ0v) is 16.2. The molecule has 0 aliphatic heterocycles. The summed E-state index contributed by atoms with van der Waals surface area (Å²) in [6.07, 6.45) is 0. The number of hydrogen-bond donors (Lipinski definition) is 1. The molecule has 0 radical (unpaired) electrons. The number of amides is 2. The van der Waals surface area contributed by atoms with Crippen LogP contribution in [0.2, 0.25) is 0 Å². The standard InChI is InChI=1S/C18H28ClN3O2/c1-7-22(8-2)16(23)14-11-13(9-10-15(14)21(5)6)20-17(24)18(3,4)12-19/h9-11H,7-8,12H2,1-6H3,(H,20,24). The maximum Gasteiger partial charge on any atom is 0.256 e. The average Bonchev–Trinajstić information content (AvgIpc) is 2.55. The summed E-state index contributed by atoms with van der Waals surface area (Å²) in [6, 6.07) is 5.38. The van der Waals surface area contributed by atoms with E-state index in [2.05, 4.69) is 5.32 Å². The number of carbonyl (C=O) groups is 2. The summed E-state index contributed by atoms with van der Waals surface area (Å²) in [5.41, 5.74) is 1.32. The number of carbonyl (C=O) groups excluding carboxylic acids is 2. The molecule has 134 valence electrons. The number of nitrogens with zero attached hydrogens (tertiary/aromatic N) is 2. The average molecular weight is 354 g/mol. The Morgan fingerprint density at radius 3 is 2.21 bits per heavy atom. The molecule has 0 aliphatic carbocycles. The summed E-state index contributed by atoms with van der Waals surface area (Å²) in [5.74, 6) is 0.00702.